The number of amides is 1. The molecule has 2 aliphatic rings. The predicted molar refractivity (Wildman–Crippen MR) is 82.8 cm³/mol. The molecule has 3 heteroatoms. The van der Waals surface area contributed by atoms with Crippen LogP contribution in [-0.4, -0.2) is 29.5 Å². The van der Waals surface area contributed by atoms with Gasteiger partial charge in [-0.2, -0.15) is 0 Å². The Hall–Kier alpha value is -1.35. The molecule has 0 saturated carbocycles. The van der Waals surface area contributed by atoms with E-state index < -0.39 is 0 Å². The second-order valence-corrected chi connectivity index (χ2v) is 6.58. The Morgan fingerprint density at radius 2 is 2.05 bits per heavy atom. The summed E-state index contributed by atoms with van der Waals surface area (Å²) in [6, 6.07) is 11.0. The highest BCUT2D eigenvalue weighted by Gasteiger charge is 2.38. The highest BCUT2D eigenvalue weighted by Crippen LogP contribution is 2.34. The van der Waals surface area contributed by atoms with Gasteiger partial charge < -0.3 is 9.64 Å². The van der Waals surface area contributed by atoms with Crippen LogP contribution in [0.3, 0.4) is 0 Å². The lowest BCUT2D eigenvalue weighted by Crippen LogP contribution is -2.55. The largest absolute Gasteiger partial charge is 0.375 e. The Bertz CT molecular complexity index is 473. The van der Waals surface area contributed by atoms with E-state index in [1.807, 2.05) is 18.2 Å². The summed E-state index contributed by atoms with van der Waals surface area (Å²) in [5.74, 6) is 1.04. The number of rotatable bonds is 4. The van der Waals surface area contributed by atoms with Crippen molar-refractivity contribution in [1.29, 1.82) is 0 Å². The summed E-state index contributed by atoms with van der Waals surface area (Å²) in [6.07, 6.45) is 5.20. The molecule has 0 aliphatic carbocycles. The number of fused-ring (bicyclic) bond motifs is 1. The summed E-state index contributed by atoms with van der Waals surface area (Å²) < 4.78 is 5.91. The Kier molecular flexibility index (Phi) is 4.59. The van der Waals surface area contributed by atoms with E-state index in [1.54, 1.807) is 0 Å². The number of hydrogen-bond donors (Lipinski definition) is 0. The molecule has 0 bridgehead atoms. The highest BCUT2D eigenvalue weighted by atomic mass is 16.5. The third kappa shape index (κ3) is 3.46. The molecular formula is C18H25NO2. The van der Waals surface area contributed by atoms with Crippen LogP contribution in [0.4, 0.5) is 0 Å². The van der Waals surface area contributed by atoms with Crippen molar-refractivity contribution in [2.75, 3.05) is 6.61 Å². The first kappa shape index (κ1) is 14.6. The Balaban J connectivity index is 1.58. The minimum atomic E-state index is 0.273. The van der Waals surface area contributed by atoms with Crippen LogP contribution >= 0.6 is 0 Å². The van der Waals surface area contributed by atoms with E-state index in [0.717, 1.165) is 19.3 Å². The average Bonchev–Trinajstić information content (AvgIpc) is 2.48. The van der Waals surface area contributed by atoms with Gasteiger partial charge >= 0.3 is 0 Å². The maximum atomic E-state index is 12.2. The number of benzene rings is 1. The molecule has 1 amide bonds. The molecular weight excluding hydrogens is 262 g/mol. The molecule has 0 spiro atoms. The smallest absolute Gasteiger partial charge is 0.223 e. The first-order valence-corrected chi connectivity index (χ1v) is 8.17. The minimum Gasteiger partial charge on any atom is -0.375 e. The van der Waals surface area contributed by atoms with Gasteiger partial charge in [0.25, 0.3) is 0 Å². The molecule has 1 aromatic carbocycles. The van der Waals surface area contributed by atoms with Crippen LogP contribution in [0.25, 0.3) is 0 Å². The summed E-state index contributed by atoms with van der Waals surface area (Å²) in [5.41, 5.74) is 1.20. The van der Waals surface area contributed by atoms with Crippen LogP contribution in [0.5, 0.6) is 0 Å². The van der Waals surface area contributed by atoms with Gasteiger partial charge in [0.05, 0.1) is 19.3 Å². The first-order valence-electron chi connectivity index (χ1n) is 8.17. The molecule has 2 fully saturated rings. The molecule has 3 atom stereocenters. The van der Waals surface area contributed by atoms with Crippen LogP contribution in [0.2, 0.25) is 0 Å². The topological polar surface area (TPSA) is 29.5 Å². The molecule has 114 valence electrons. The van der Waals surface area contributed by atoms with E-state index in [1.165, 1.54) is 18.4 Å². The SMILES string of the molecule is C[C@H]1C[C@H]2CCCC(=O)N2[C@H](COCc2ccccc2)C1. The molecule has 21 heavy (non-hydrogen) atoms. The van der Waals surface area contributed by atoms with Gasteiger partial charge in [-0.1, -0.05) is 37.3 Å². The minimum absolute atomic E-state index is 0.273. The third-order valence-corrected chi connectivity index (χ3v) is 4.77. The Morgan fingerprint density at radius 3 is 2.86 bits per heavy atom. The molecule has 0 N–H and O–H groups in total. The van der Waals surface area contributed by atoms with E-state index >= 15 is 0 Å². The highest BCUT2D eigenvalue weighted by molar-refractivity contribution is 5.77. The normalized spacial score (nSPS) is 29.3. The van der Waals surface area contributed by atoms with Crippen LogP contribution in [-0.2, 0) is 16.1 Å². The summed E-state index contributed by atoms with van der Waals surface area (Å²) in [6.45, 7) is 3.61. The molecule has 3 nitrogen and oxygen atoms in total. The Morgan fingerprint density at radius 1 is 1.24 bits per heavy atom. The number of hydrogen-bond acceptors (Lipinski definition) is 2. The number of ether oxygens (including phenoxy) is 1. The van der Waals surface area contributed by atoms with Crippen molar-refractivity contribution in [3.05, 3.63) is 35.9 Å². The molecule has 2 saturated heterocycles. The van der Waals surface area contributed by atoms with Gasteiger partial charge in [0, 0.05) is 12.5 Å². The van der Waals surface area contributed by atoms with Crippen molar-refractivity contribution >= 4 is 5.91 Å². The van der Waals surface area contributed by atoms with Gasteiger partial charge in [-0.15, -0.1) is 0 Å². The zero-order valence-corrected chi connectivity index (χ0v) is 12.8. The summed E-state index contributed by atoms with van der Waals surface area (Å²) in [5, 5.41) is 0. The number of carbonyl (C=O) groups is 1. The van der Waals surface area contributed by atoms with Crippen LogP contribution in [0, 0.1) is 5.92 Å². The monoisotopic (exact) mass is 287 g/mol. The quantitative estimate of drug-likeness (QED) is 0.849. The van der Waals surface area contributed by atoms with Gasteiger partial charge in [0.1, 0.15) is 0 Å². The molecule has 0 unspecified atom stereocenters. The van der Waals surface area contributed by atoms with Crippen molar-refractivity contribution in [2.24, 2.45) is 5.92 Å². The fraction of sp³-hybridized carbons (Fsp3) is 0.611. The zero-order valence-electron chi connectivity index (χ0n) is 12.8. The van der Waals surface area contributed by atoms with Gasteiger partial charge in [-0.3, -0.25) is 4.79 Å². The van der Waals surface area contributed by atoms with Crippen LogP contribution < -0.4 is 0 Å². The fourth-order valence-electron chi connectivity index (χ4n) is 3.87. The number of piperidine rings is 2. The van der Waals surface area contributed by atoms with E-state index in [0.29, 0.717) is 31.1 Å². The average molecular weight is 287 g/mol. The Labute approximate surface area is 127 Å². The molecule has 2 heterocycles. The fourth-order valence-corrected chi connectivity index (χ4v) is 3.87. The van der Waals surface area contributed by atoms with E-state index in [9.17, 15) is 4.79 Å². The number of nitrogens with zero attached hydrogens (tertiary/aromatic N) is 1. The van der Waals surface area contributed by atoms with E-state index in [-0.39, 0.29) is 6.04 Å². The maximum Gasteiger partial charge on any atom is 0.223 e. The van der Waals surface area contributed by atoms with Gasteiger partial charge in [0.2, 0.25) is 5.91 Å². The molecule has 0 aromatic heterocycles. The van der Waals surface area contributed by atoms with Crippen molar-refractivity contribution in [3.8, 4) is 0 Å². The molecule has 3 rings (SSSR count). The second kappa shape index (κ2) is 6.61. The first-order chi connectivity index (χ1) is 10.2. The maximum absolute atomic E-state index is 12.2. The van der Waals surface area contributed by atoms with Crippen molar-refractivity contribution in [1.82, 2.24) is 4.90 Å². The van der Waals surface area contributed by atoms with Gasteiger partial charge in [-0.25, -0.2) is 0 Å². The standard InChI is InChI=1S/C18H25NO2/c1-14-10-16-8-5-9-18(20)19(16)17(11-14)13-21-12-15-6-3-2-4-7-15/h2-4,6-7,14,16-17H,5,8-13H2,1H3/t14-,16+,17-/m0/s1. The van der Waals surface area contributed by atoms with Crippen LogP contribution in [0.15, 0.2) is 30.3 Å². The number of carbonyl (C=O) groups excluding carboxylic acids is 1. The third-order valence-electron chi connectivity index (χ3n) is 4.77. The lowest BCUT2D eigenvalue weighted by molar-refractivity contribution is -0.145. The lowest BCUT2D eigenvalue weighted by atomic mass is 9.83. The predicted octanol–water partition coefficient (Wildman–Crippen LogP) is 3.38. The molecule has 2 aliphatic heterocycles. The second-order valence-electron chi connectivity index (χ2n) is 6.58. The van der Waals surface area contributed by atoms with E-state index in [4.69, 9.17) is 4.74 Å². The summed E-state index contributed by atoms with van der Waals surface area (Å²) >= 11 is 0. The van der Waals surface area contributed by atoms with Gasteiger partial charge in [-0.05, 0) is 37.2 Å². The molecule has 0 radical (unpaired) electrons. The van der Waals surface area contributed by atoms with Crippen molar-refractivity contribution < 1.29 is 9.53 Å². The molecule has 1 aromatic rings. The van der Waals surface area contributed by atoms with Crippen molar-refractivity contribution in [2.45, 2.75) is 57.7 Å². The van der Waals surface area contributed by atoms with E-state index in [2.05, 4.69) is 24.0 Å². The summed E-state index contributed by atoms with van der Waals surface area (Å²) in [4.78, 5) is 14.4. The van der Waals surface area contributed by atoms with Crippen LogP contribution in [0.1, 0.15) is 44.6 Å². The van der Waals surface area contributed by atoms with Crippen molar-refractivity contribution in [3.63, 3.8) is 0 Å². The lowest BCUT2D eigenvalue weighted by Gasteiger charge is -2.47. The summed E-state index contributed by atoms with van der Waals surface area (Å²) in [7, 11) is 0. The van der Waals surface area contributed by atoms with Gasteiger partial charge in [0.15, 0.2) is 0 Å². The zero-order chi connectivity index (χ0) is 14.7.